The molecular weight excluding hydrogens is 367 g/mol. The minimum Gasteiger partial charge on any atom is -0.324 e. The van der Waals surface area contributed by atoms with Gasteiger partial charge in [0.15, 0.2) is 0 Å². The third-order valence-electron chi connectivity index (χ3n) is 3.62. The summed E-state index contributed by atoms with van der Waals surface area (Å²) in [6.07, 6.45) is 0.994. The van der Waals surface area contributed by atoms with Crippen LogP contribution >= 0.6 is 11.6 Å². The zero-order valence-corrected chi connectivity index (χ0v) is 15.5. The highest BCUT2D eigenvalue weighted by Crippen LogP contribution is 2.23. The third kappa shape index (κ3) is 4.70. The average Bonchev–Trinajstić information content (AvgIpc) is 2.50. The maximum absolute atomic E-state index is 13.1. The molecule has 0 bridgehead atoms. The van der Waals surface area contributed by atoms with E-state index < -0.39 is 27.8 Å². The number of nitrogens with zero attached hydrogens (tertiary/aromatic N) is 1. The van der Waals surface area contributed by atoms with Gasteiger partial charge in [-0.25, -0.2) is 12.8 Å². The van der Waals surface area contributed by atoms with Crippen molar-refractivity contribution in [1.82, 2.24) is 0 Å². The molecule has 8 heteroatoms. The molecule has 0 aromatic heterocycles. The van der Waals surface area contributed by atoms with Gasteiger partial charge in [-0.05, 0) is 61.9 Å². The molecule has 0 heterocycles. The Hall–Kier alpha value is -2.12. The molecule has 0 saturated heterocycles. The van der Waals surface area contributed by atoms with Crippen molar-refractivity contribution in [3.8, 4) is 0 Å². The van der Waals surface area contributed by atoms with E-state index in [0.29, 0.717) is 10.7 Å². The van der Waals surface area contributed by atoms with E-state index in [2.05, 4.69) is 5.32 Å². The van der Waals surface area contributed by atoms with Crippen LogP contribution < -0.4 is 9.62 Å². The zero-order valence-electron chi connectivity index (χ0n) is 14.0. The van der Waals surface area contributed by atoms with E-state index in [0.717, 1.165) is 28.3 Å². The quantitative estimate of drug-likeness (QED) is 0.856. The van der Waals surface area contributed by atoms with Crippen molar-refractivity contribution in [2.24, 2.45) is 0 Å². The van der Waals surface area contributed by atoms with Crippen LogP contribution in [-0.4, -0.2) is 26.6 Å². The van der Waals surface area contributed by atoms with Crippen LogP contribution in [-0.2, 0) is 14.8 Å². The predicted molar refractivity (Wildman–Crippen MR) is 98.0 cm³/mol. The molecule has 0 aliphatic heterocycles. The van der Waals surface area contributed by atoms with Gasteiger partial charge in [-0.15, -0.1) is 0 Å². The van der Waals surface area contributed by atoms with Crippen molar-refractivity contribution in [1.29, 1.82) is 0 Å². The molecular formula is C17H18ClFN2O3S. The third-order valence-corrected chi connectivity index (χ3v) is 5.09. The molecule has 2 aromatic carbocycles. The second-order valence-electron chi connectivity index (χ2n) is 5.66. The lowest BCUT2D eigenvalue weighted by Gasteiger charge is -2.28. The van der Waals surface area contributed by atoms with E-state index in [1.165, 1.54) is 19.1 Å². The monoisotopic (exact) mass is 384 g/mol. The molecule has 0 spiro atoms. The minimum absolute atomic E-state index is 0.208. The molecule has 0 saturated carbocycles. The summed E-state index contributed by atoms with van der Waals surface area (Å²) in [4.78, 5) is 12.6. The Morgan fingerprint density at radius 1 is 1.20 bits per heavy atom. The van der Waals surface area contributed by atoms with Crippen molar-refractivity contribution in [3.63, 3.8) is 0 Å². The van der Waals surface area contributed by atoms with Crippen LogP contribution in [0.2, 0.25) is 5.02 Å². The van der Waals surface area contributed by atoms with Crippen LogP contribution in [0.3, 0.4) is 0 Å². The molecule has 0 aliphatic carbocycles. The van der Waals surface area contributed by atoms with Gasteiger partial charge in [-0.1, -0.05) is 11.6 Å². The molecule has 25 heavy (non-hydrogen) atoms. The molecule has 1 atom stereocenters. The Bertz CT molecular complexity index is 885. The number of rotatable bonds is 5. The first-order valence-electron chi connectivity index (χ1n) is 7.41. The zero-order chi connectivity index (χ0) is 18.8. The van der Waals surface area contributed by atoms with E-state index >= 15 is 0 Å². The molecule has 2 aromatic rings. The number of hydrogen-bond acceptors (Lipinski definition) is 3. The molecule has 0 radical (unpaired) electrons. The van der Waals surface area contributed by atoms with E-state index in [-0.39, 0.29) is 5.69 Å². The molecule has 5 nitrogen and oxygen atoms in total. The summed E-state index contributed by atoms with van der Waals surface area (Å²) in [5.41, 5.74) is 1.49. The summed E-state index contributed by atoms with van der Waals surface area (Å²) < 4.78 is 38.4. The van der Waals surface area contributed by atoms with E-state index in [1.807, 2.05) is 0 Å². The molecule has 0 unspecified atom stereocenters. The van der Waals surface area contributed by atoms with Crippen LogP contribution in [0.25, 0.3) is 0 Å². The van der Waals surface area contributed by atoms with Gasteiger partial charge < -0.3 is 5.32 Å². The standard InChI is InChI=1S/C17H18ClFN2O3S/c1-11-10-13(18)4-9-16(11)20-17(22)12(2)21(25(3,23)24)15-7-5-14(19)6-8-15/h4-10,12H,1-3H3,(H,20,22)/t12-/m0/s1. The summed E-state index contributed by atoms with van der Waals surface area (Å²) in [6.45, 7) is 3.24. The summed E-state index contributed by atoms with van der Waals surface area (Å²) in [5, 5.41) is 3.23. The number of nitrogens with one attached hydrogen (secondary N) is 1. The summed E-state index contributed by atoms with van der Waals surface area (Å²) in [7, 11) is -3.76. The van der Waals surface area contributed by atoms with E-state index in [9.17, 15) is 17.6 Å². The maximum atomic E-state index is 13.1. The topological polar surface area (TPSA) is 66.5 Å². The highest BCUT2D eigenvalue weighted by Gasteiger charge is 2.29. The Morgan fingerprint density at radius 3 is 2.32 bits per heavy atom. The number of benzene rings is 2. The SMILES string of the molecule is Cc1cc(Cl)ccc1NC(=O)[C@H](C)N(c1ccc(F)cc1)S(C)(=O)=O. The largest absolute Gasteiger partial charge is 0.324 e. The number of halogens is 2. The van der Waals surface area contributed by atoms with Crippen LogP contribution in [0.5, 0.6) is 0 Å². The Kier molecular flexibility index (Phi) is 5.69. The first kappa shape index (κ1) is 19.2. The second kappa shape index (κ2) is 7.41. The Labute approximate surface area is 151 Å². The number of carbonyl (C=O) groups excluding carboxylic acids is 1. The van der Waals surface area contributed by atoms with E-state index in [1.54, 1.807) is 25.1 Å². The van der Waals surface area contributed by atoms with E-state index in [4.69, 9.17) is 11.6 Å². The lowest BCUT2D eigenvalue weighted by Crippen LogP contribution is -2.45. The molecule has 1 N–H and O–H groups in total. The van der Waals surface area contributed by atoms with Gasteiger partial charge in [0, 0.05) is 10.7 Å². The van der Waals surface area contributed by atoms with Crippen molar-refractivity contribution in [3.05, 3.63) is 58.9 Å². The smallest absolute Gasteiger partial charge is 0.248 e. The molecule has 2 rings (SSSR count). The lowest BCUT2D eigenvalue weighted by atomic mass is 10.2. The van der Waals surface area contributed by atoms with Gasteiger partial charge in [0.05, 0.1) is 11.9 Å². The Morgan fingerprint density at radius 2 is 1.80 bits per heavy atom. The number of sulfonamides is 1. The number of carbonyl (C=O) groups is 1. The van der Waals surface area contributed by atoms with Gasteiger partial charge in [-0.3, -0.25) is 9.10 Å². The normalized spacial score (nSPS) is 12.5. The fourth-order valence-electron chi connectivity index (χ4n) is 2.40. The fourth-order valence-corrected chi connectivity index (χ4v) is 3.80. The first-order chi connectivity index (χ1) is 11.6. The average molecular weight is 385 g/mol. The highest BCUT2D eigenvalue weighted by atomic mass is 35.5. The van der Waals surface area contributed by atoms with Gasteiger partial charge in [0.25, 0.3) is 0 Å². The fraction of sp³-hybridized carbons (Fsp3) is 0.235. The van der Waals surface area contributed by atoms with Crippen molar-refractivity contribution >= 4 is 38.9 Å². The first-order valence-corrected chi connectivity index (χ1v) is 9.64. The predicted octanol–water partition coefficient (Wildman–Crippen LogP) is 3.58. The van der Waals surface area contributed by atoms with Gasteiger partial charge in [0.2, 0.25) is 15.9 Å². The van der Waals surface area contributed by atoms with Crippen LogP contribution in [0.15, 0.2) is 42.5 Å². The number of aryl methyl sites for hydroxylation is 1. The van der Waals surface area contributed by atoms with Gasteiger partial charge >= 0.3 is 0 Å². The number of hydrogen-bond donors (Lipinski definition) is 1. The van der Waals surface area contributed by atoms with Crippen LogP contribution in [0, 0.1) is 12.7 Å². The van der Waals surface area contributed by atoms with Crippen molar-refractivity contribution in [2.75, 3.05) is 15.9 Å². The lowest BCUT2D eigenvalue weighted by molar-refractivity contribution is -0.116. The maximum Gasteiger partial charge on any atom is 0.248 e. The Balaban J connectivity index is 2.31. The molecule has 1 amide bonds. The number of amides is 1. The number of anilines is 2. The highest BCUT2D eigenvalue weighted by molar-refractivity contribution is 7.92. The second-order valence-corrected chi connectivity index (χ2v) is 7.96. The van der Waals surface area contributed by atoms with Crippen molar-refractivity contribution < 1.29 is 17.6 Å². The van der Waals surface area contributed by atoms with Crippen molar-refractivity contribution in [2.45, 2.75) is 19.9 Å². The van der Waals surface area contributed by atoms with Gasteiger partial charge in [0.1, 0.15) is 11.9 Å². The summed E-state index contributed by atoms with van der Waals surface area (Å²) in [5.74, 6) is -1.01. The molecule has 0 fully saturated rings. The van der Waals surface area contributed by atoms with Crippen LogP contribution in [0.1, 0.15) is 12.5 Å². The van der Waals surface area contributed by atoms with Crippen LogP contribution in [0.4, 0.5) is 15.8 Å². The molecule has 0 aliphatic rings. The summed E-state index contributed by atoms with van der Waals surface area (Å²) in [6, 6.07) is 8.84. The molecule has 134 valence electrons. The summed E-state index contributed by atoms with van der Waals surface area (Å²) >= 11 is 5.89. The van der Waals surface area contributed by atoms with Gasteiger partial charge in [-0.2, -0.15) is 0 Å². The minimum atomic E-state index is -3.76.